The molecule has 2 unspecified atom stereocenters. The van der Waals surface area contributed by atoms with Gasteiger partial charge in [-0.15, -0.1) is 0 Å². The molecule has 0 bridgehead atoms. The van der Waals surface area contributed by atoms with Crippen molar-refractivity contribution in [1.82, 2.24) is 4.98 Å². The lowest BCUT2D eigenvalue weighted by Gasteiger charge is -2.57. The minimum Gasteiger partial charge on any atom is -0.392 e. The Labute approximate surface area is 162 Å². The molecule has 5 rings (SSSR count). The number of nitrogens with zero attached hydrogens (tertiary/aromatic N) is 1. The summed E-state index contributed by atoms with van der Waals surface area (Å²) < 4.78 is 0. The first kappa shape index (κ1) is 17.6. The Hall–Kier alpha value is -1.45. The van der Waals surface area contributed by atoms with E-state index < -0.39 is 0 Å². The second kappa shape index (κ2) is 6.02. The minimum atomic E-state index is -0.271. The number of hydrogen-bond acceptors (Lipinski definition) is 3. The van der Waals surface area contributed by atoms with Gasteiger partial charge in [0.1, 0.15) is 0 Å². The van der Waals surface area contributed by atoms with Crippen LogP contribution in [0.15, 0.2) is 42.3 Å². The van der Waals surface area contributed by atoms with E-state index in [4.69, 9.17) is 0 Å². The van der Waals surface area contributed by atoms with E-state index in [0.717, 1.165) is 32.1 Å². The maximum atomic E-state index is 11.0. The smallest absolute Gasteiger partial charge is 0.0724 e. The average Bonchev–Trinajstić information content (AvgIpc) is 2.98. The van der Waals surface area contributed by atoms with Gasteiger partial charge in [-0.2, -0.15) is 0 Å². The van der Waals surface area contributed by atoms with Gasteiger partial charge in [0.25, 0.3) is 0 Å². The summed E-state index contributed by atoms with van der Waals surface area (Å²) in [7, 11) is 0. The summed E-state index contributed by atoms with van der Waals surface area (Å²) in [6.07, 6.45) is 14.1. The molecule has 4 aliphatic carbocycles. The molecule has 4 aliphatic rings. The third-order valence-electron chi connectivity index (χ3n) is 8.66. The van der Waals surface area contributed by atoms with Gasteiger partial charge >= 0.3 is 0 Å². The van der Waals surface area contributed by atoms with Crippen molar-refractivity contribution in [2.75, 3.05) is 0 Å². The van der Waals surface area contributed by atoms with E-state index in [1.165, 1.54) is 23.1 Å². The number of rotatable bonds is 1. The van der Waals surface area contributed by atoms with Crippen LogP contribution in [0.1, 0.15) is 57.9 Å². The summed E-state index contributed by atoms with van der Waals surface area (Å²) in [5, 5.41) is 21.2. The highest BCUT2D eigenvalue weighted by atomic mass is 16.3. The van der Waals surface area contributed by atoms with Gasteiger partial charge in [0.2, 0.25) is 0 Å². The second-order valence-corrected chi connectivity index (χ2v) is 9.75. The molecule has 144 valence electrons. The maximum Gasteiger partial charge on any atom is 0.0724 e. The number of aromatic nitrogens is 1. The standard InChI is InChI=1S/C24H31NO2/c1-23-10-9-17(26)12-16(23)5-6-18-19-7-8-22(27)24(19,2)20(13-21(18)23)15-4-3-11-25-14-15/h3-4,11-14,17-19,21-22,26-27H,5-10H2,1-2H3/t17?,18-,19-,21-,22?,23-,24+/m0/s1. The second-order valence-electron chi connectivity index (χ2n) is 9.75. The summed E-state index contributed by atoms with van der Waals surface area (Å²) in [4.78, 5) is 4.38. The zero-order valence-corrected chi connectivity index (χ0v) is 16.4. The van der Waals surface area contributed by atoms with Crippen molar-refractivity contribution in [1.29, 1.82) is 0 Å². The molecule has 2 fully saturated rings. The Balaban J connectivity index is 1.68. The first-order valence-electron chi connectivity index (χ1n) is 10.6. The Kier molecular flexibility index (Phi) is 3.93. The highest BCUT2D eigenvalue weighted by Crippen LogP contribution is 2.66. The van der Waals surface area contributed by atoms with Crippen LogP contribution in [0.3, 0.4) is 0 Å². The molecule has 7 atom stereocenters. The van der Waals surface area contributed by atoms with E-state index in [-0.39, 0.29) is 23.0 Å². The quantitative estimate of drug-likeness (QED) is 0.727. The van der Waals surface area contributed by atoms with Crippen LogP contribution in [0.4, 0.5) is 0 Å². The van der Waals surface area contributed by atoms with Crippen molar-refractivity contribution in [2.45, 2.75) is 64.6 Å². The Morgan fingerprint density at radius 2 is 1.93 bits per heavy atom. The highest BCUT2D eigenvalue weighted by Gasteiger charge is 2.59. The topological polar surface area (TPSA) is 53.4 Å². The van der Waals surface area contributed by atoms with Gasteiger partial charge in [-0.05, 0) is 78.9 Å². The summed E-state index contributed by atoms with van der Waals surface area (Å²) in [6, 6.07) is 4.16. The van der Waals surface area contributed by atoms with Crippen LogP contribution < -0.4 is 0 Å². The lowest BCUT2D eigenvalue weighted by molar-refractivity contribution is 0.00602. The van der Waals surface area contributed by atoms with Crippen molar-refractivity contribution < 1.29 is 10.2 Å². The Morgan fingerprint density at radius 3 is 2.70 bits per heavy atom. The van der Waals surface area contributed by atoms with Crippen molar-refractivity contribution in [2.24, 2.45) is 28.6 Å². The highest BCUT2D eigenvalue weighted by molar-refractivity contribution is 5.72. The fraction of sp³-hybridized carbons (Fsp3) is 0.625. The van der Waals surface area contributed by atoms with Crippen LogP contribution in [-0.2, 0) is 0 Å². The largest absolute Gasteiger partial charge is 0.392 e. The van der Waals surface area contributed by atoms with E-state index in [1.54, 1.807) is 0 Å². The molecule has 1 aromatic heterocycles. The molecule has 0 radical (unpaired) electrons. The van der Waals surface area contributed by atoms with E-state index in [9.17, 15) is 10.2 Å². The van der Waals surface area contributed by atoms with Gasteiger partial charge in [-0.3, -0.25) is 4.98 Å². The lowest BCUT2D eigenvalue weighted by Crippen LogP contribution is -2.50. The van der Waals surface area contributed by atoms with Crippen LogP contribution in [0.5, 0.6) is 0 Å². The zero-order chi connectivity index (χ0) is 18.8. The number of fused-ring (bicyclic) bond motifs is 5. The van der Waals surface area contributed by atoms with Crippen molar-refractivity contribution in [3.05, 3.63) is 47.8 Å². The summed E-state index contributed by atoms with van der Waals surface area (Å²) in [5.74, 6) is 1.65. The van der Waals surface area contributed by atoms with Gasteiger partial charge < -0.3 is 10.2 Å². The van der Waals surface area contributed by atoms with Crippen molar-refractivity contribution in [3.63, 3.8) is 0 Å². The Morgan fingerprint density at radius 1 is 1.07 bits per heavy atom. The van der Waals surface area contributed by atoms with Gasteiger partial charge in [-0.1, -0.05) is 37.6 Å². The third-order valence-corrected chi connectivity index (χ3v) is 8.66. The van der Waals surface area contributed by atoms with Crippen LogP contribution in [0.2, 0.25) is 0 Å². The van der Waals surface area contributed by atoms with E-state index in [2.05, 4.69) is 37.0 Å². The molecule has 1 heterocycles. The molecule has 0 aromatic carbocycles. The molecule has 3 nitrogen and oxygen atoms in total. The first-order chi connectivity index (χ1) is 12.9. The number of hydrogen-bond donors (Lipinski definition) is 2. The van der Waals surface area contributed by atoms with Gasteiger partial charge in [0.15, 0.2) is 0 Å². The summed E-state index contributed by atoms with van der Waals surface area (Å²) >= 11 is 0. The van der Waals surface area contributed by atoms with Gasteiger partial charge in [0.05, 0.1) is 12.2 Å². The van der Waals surface area contributed by atoms with Crippen LogP contribution in [-0.4, -0.2) is 27.4 Å². The molecule has 3 heteroatoms. The molecule has 2 N–H and O–H groups in total. The van der Waals surface area contributed by atoms with Crippen molar-refractivity contribution >= 4 is 5.57 Å². The van der Waals surface area contributed by atoms with Crippen molar-refractivity contribution in [3.8, 4) is 0 Å². The monoisotopic (exact) mass is 365 g/mol. The molecule has 0 amide bonds. The predicted molar refractivity (Wildman–Crippen MR) is 107 cm³/mol. The van der Waals surface area contributed by atoms with Gasteiger partial charge in [-0.25, -0.2) is 0 Å². The molecular formula is C24H31NO2. The fourth-order valence-corrected chi connectivity index (χ4v) is 7.11. The molecule has 0 saturated heterocycles. The number of allylic oxidation sites excluding steroid dienone is 2. The number of pyridine rings is 1. The van der Waals surface area contributed by atoms with Gasteiger partial charge in [0, 0.05) is 17.8 Å². The minimum absolute atomic E-state index is 0.143. The molecule has 2 saturated carbocycles. The van der Waals surface area contributed by atoms with E-state index >= 15 is 0 Å². The average molecular weight is 366 g/mol. The fourth-order valence-electron chi connectivity index (χ4n) is 7.11. The summed E-state index contributed by atoms with van der Waals surface area (Å²) in [5.41, 5.74) is 3.91. The molecule has 0 spiro atoms. The lowest BCUT2D eigenvalue weighted by atomic mass is 9.48. The molecule has 0 aliphatic heterocycles. The van der Waals surface area contributed by atoms with E-state index in [0.29, 0.717) is 17.8 Å². The number of aliphatic hydroxyl groups excluding tert-OH is 2. The van der Waals surface area contributed by atoms with Crippen LogP contribution in [0, 0.1) is 28.6 Å². The normalized spacial score (nSPS) is 46.0. The molecule has 1 aromatic rings. The maximum absolute atomic E-state index is 11.0. The third kappa shape index (κ3) is 2.37. The number of aliphatic hydroxyl groups is 2. The molecule has 27 heavy (non-hydrogen) atoms. The zero-order valence-electron chi connectivity index (χ0n) is 16.4. The Bertz CT molecular complexity index is 800. The molecular weight excluding hydrogens is 334 g/mol. The van der Waals surface area contributed by atoms with Crippen LogP contribution >= 0.6 is 0 Å². The predicted octanol–water partition coefficient (Wildman–Crippen LogP) is 4.37. The summed E-state index contributed by atoms with van der Waals surface area (Å²) in [6.45, 7) is 4.72. The first-order valence-corrected chi connectivity index (χ1v) is 10.6. The van der Waals surface area contributed by atoms with E-state index in [1.807, 2.05) is 18.5 Å². The SMILES string of the molecule is C[C@]12CCC(O)C=C1CC[C@@H]1[C@@H]2C=C(c2cccnc2)[C@]2(C)C(O)CC[C@@H]12. The van der Waals surface area contributed by atoms with Crippen LogP contribution in [0.25, 0.3) is 5.57 Å².